The molecule has 1 aromatic carbocycles. The summed E-state index contributed by atoms with van der Waals surface area (Å²) >= 11 is 0. The summed E-state index contributed by atoms with van der Waals surface area (Å²) in [5.74, 6) is 0.523. The third-order valence-electron chi connectivity index (χ3n) is 4.81. The molecule has 1 N–H and O–H groups in total. The summed E-state index contributed by atoms with van der Waals surface area (Å²) in [5.41, 5.74) is 0.961. The molecule has 2 aromatic heterocycles. The van der Waals surface area contributed by atoms with E-state index in [1.807, 2.05) is 24.3 Å². The van der Waals surface area contributed by atoms with Gasteiger partial charge in [0, 0.05) is 29.8 Å². The van der Waals surface area contributed by atoms with E-state index in [9.17, 15) is 8.42 Å². The van der Waals surface area contributed by atoms with Crippen molar-refractivity contribution < 1.29 is 8.42 Å². The minimum Gasteiger partial charge on any atom is -0.346 e. The Morgan fingerprint density at radius 3 is 2.76 bits per heavy atom. The van der Waals surface area contributed by atoms with Gasteiger partial charge >= 0.3 is 0 Å². The number of benzene rings is 1. The zero-order valence-corrected chi connectivity index (χ0v) is 14.7. The van der Waals surface area contributed by atoms with E-state index >= 15 is 0 Å². The lowest BCUT2D eigenvalue weighted by Crippen LogP contribution is -2.32. The van der Waals surface area contributed by atoms with E-state index < -0.39 is 9.84 Å². The van der Waals surface area contributed by atoms with E-state index in [1.54, 1.807) is 24.4 Å². The van der Waals surface area contributed by atoms with Gasteiger partial charge in [-0.25, -0.2) is 13.4 Å². The standard InChI is InChI=1S/C19H21N3O2S/c23-25(24,19-9-3-4-11-21-19)18-14-22(13-15-6-5-10-20-12-15)17-8-2-1-7-16(17)18/h1-4,7-9,11,14-15,20H,5-6,10,12-13H2. The number of sulfone groups is 1. The average Bonchev–Trinajstić information content (AvgIpc) is 3.03. The third kappa shape index (κ3) is 3.07. The minimum atomic E-state index is -3.63. The first-order valence-electron chi connectivity index (χ1n) is 8.61. The van der Waals surface area contributed by atoms with Crippen molar-refractivity contribution in [1.29, 1.82) is 0 Å². The second-order valence-electron chi connectivity index (χ2n) is 6.55. The van der Waals surface area contributed by atoms with Gasteiger partial charge in [0.15, 0.2) is 5.03 Å². The van der Waals surface area contributed by atoms with Crippen molar-refractivity contribution >= 4 is 20.7 Å². The molecule has 1 aliphatic rings. The molecule has 130 valence electrons. The molecule has 1 saturated heterocycles. The predicted molar refractivity (Wildman–Crippen MR) is 97.2 cm³/mol. The molecule has 0 saturated carbocycles. The van der Waals surface area contributed by atoms with Crippen LogP contribution in [0.2, 0.25) is 0 Å². The highest BCUT2D eigenvalue weighted by molar-refractivity contribution is 7.91. The number of aromatic nitrogens is 2. The maximum Gasteiger partial charge on any atom is 0.225 e. The number of hydrogen-bond acceptors (Lipinski definition) is 4. The molecule has 3 aromatic rings. The molecule has 1 fully saturated rings. The molecular formula is C19H21N3O2S. The van der Waals surface area contributed by atoms with Crippen molar-refractivity contribution in [3.63, 3.8) is 0 Å². The van der Waals surface area contributed by atoms with Gasteiger partial charge in [0.1, 0.15) is 0 Å². The molecular weight excluding hydrogens is 334 g/mol. The van der Waals surface area contributed by atoms with Crippen LogP contribution in [-0.2, 0) is 16.4 Å². The number of fused-ring (bicyclic) bond motifs is 1. The maximum absolute atomic E-state index is 13.1. The van der Waals surface area contributed by atoms with Gasteiger partial charge in [0.25, 0.3) is 0 Å². The highest BCUT2D eigenvalue weighted by Gasteiger charge is 2.25. The van der Waals surface area contributed by atoms with Gasteiger partial charge in [0.05, 0.1) is 4.90 Å². The van der Waals surface area contributed by atoms with Gasteiger partial charge in [0.2, 0.25) is 9.84 Å². The monoisotopic (exact) mass is 355 g/mol. The average molecular weight is 355 g/mol. The molecule has 0 spiro atoms. The minimum absolute atomic E-state index is 0.0947. The number of hydrogen-bond donors (Lipinski definition) is 1. The maximum atomic E-state index is 13.1. The molecule has 0 radical (unpaired) electrons. The van der Waals surface area contributed by atoms with Gasteiger partial charge in [-0.15, -0.1) is 0 Å². The fraction of sp³-hybridized carbons (Fsp3) is 0.316. The first kappa shape index (κ1) is 16.3. The zero-order valence-electron chi connectivity index (χ0n) is 13.9. The van der Waals surface area contributed by atoms with Crippen molar-refractivity contribution in [2.24, 2.45) is 5.92 Å². The fourth-order valence-electron chi connectivity index (χ4n) is 3.55. The quantitative estimate of drug-likeness (QED) is 0.782. The smallest absolute Gasteiger partial charge is 0.225 e. The third-order valence-corrected chi connectivity index (χ3v) is 6.50. The lowest BCUT2D eigenvalue weighted by atomic mass is 10.00. The Morgan fingerprint density at radius 2 is 2.00 bits per heavy atom. The molecule has 1 unspecified atom stereocenters. The first-order valence-corrected chi connectivity index (χ1v) is 10.1. The van der Waals surface area contributed by atoms with Crippen molar-refractivity contribution in [3.8, 4) is 0 Å². The van der Waals surface area contributed by atoms with Crippen molar-refractivity contribution in [2.75, 3.05) is 13.1 Å². The number of nitrogens with zero attached hydrogens (tertiary/aromatic N) is 2. The van der Waals surface area contributed by atoms with E-state index in [-0.39, 0.29) is 5.03 Å². The van der Waals surface area contributed by atoms with Gasteiger partial charge in [-0.2, -0.15) is 0 Å². The first-order chi connectivity index (χ1) is 12.2. The molecule has 5 nitrogen and oxygen atoms in total. The lowest BCUT2D eigenvalue weighted by Gasteiger charge is -2.23. The number of nitrogens with one attached hydrogen (secondary N) is 1. The van der Waals surface area contributed by atoms with Gasteiger partial charge in [-0.05, 0) is 50.0 Å². The second kappa shape index (κ2) is 6.61. The van der Waals surface area contributed by atoms with Crippen LogP contribution in [0.1, 0.15) is 12.8 Å². The zero-order chi connectivity index (χ0) is 17.3. The molecule has 0 bridgehead atoms. The highest BCUT2D eigenvalue weighted by atomic mass is 32.2. The summed E-state index contributed by atoms with van der Waals surface area (Å²) in [6.07, 6.45) is 5.63. The van der Waals surface area contributed by atoms with E-state index in [0.29, 0.717) is 10.8 Å². The normalized spacial score (nSPS) is 18.5. The van der Waals surface area contributed by atoms with Gasteiger partial charge in [-0.1, -0.05) is 24.3 Å². The topological polar surface area (TPSA) is 64.0 Å². The van der Waals surface area contributed by atoms with Gasteiger partial charge in [-0.3, -0.25) is 0 Å². The summed E-state index contributed by atoms with van der Waals surface area (Å²) < 4.78 is 28.2. The summed E-state index contributed by atoms with van der Waals surface area (Å²) in [6.45, 7) is 2.88. The molecule has 0 aliphatic carbocycles. The molecule has 25 heavy (non-hydrogen) atoms. The number of para-hydroxylation sites is 1. The van der Waals surface area contributed by atoms with Crippen molar-refractivity contribution in [3.05, 3.63) is 54.9 Å². The number of piperidine rings is 1. The molecule has 3 heterocycles. The number of rotatable bonds is 4. The Morgan fingerprint density at radius 1 is 1.16 bits per heavy atom. The fourth-order valence-corrected chi connectivity index (χ4v) is 4.97. The molecule has 1 aliphatic heterocycles. The van der Waals surface area contributed by atoms with Crippen LogP contribution >= 0.6 is 0 Å². The van der Waals surface area contributed by atoms with E-state index in [4.69, 9.17) is 0 Å². The van der Waals surface area contributed by atoms with Crippen LogP contribution in [0.25, 0.3) is 10.9 Å². The highest BCUT2D eigenvalue weighted by Crippen LogP contribution is 2.30. The van der Waals surface area contributed by atoms with Crippen LogP contribution in [0.4, 0.5) is 0 Å². The Hall–Kier alpha value is -2.18. The van der Waals surface area contributed by atoms with Crippen LogP contribution in [0.3, 0.4) is 0 Å². The SMILES string of the molecule is O=S(=O)(c1ccccn1)c1cn(CC2CCCNC2)c2ccccc12. The lowest BCUT2D eigenvalue weighted by molar-refractivity contribution is 0.340. The summed E-state index contributed by atoms with van der Waals surface area (Å²) in [5, 5.41) is 4.28. The Kier molecular flexibility index (Phi) is 4.31. The Labute approximate surface area is 147 Å². The van der Waals surface area contributed by atoms with Crippen LogP contribution in [0.15, 0.2) is 64.8 Å². The summed E-state index contributed by atoms with van der Waals surface area (Å²) in [4.78, 5) is 4.39. The Bertz CT molecular complexity index is 974. The van der Waals surface area contributed by atoms with Crippen molar-refractivity contribution in [1.82, 2.24) is 14.9 Å². The van der Waals surface area contributed by atoms with E-state index in [2.05, 4.69) is 14.9 Å². The molecule has 0 amide bonds. The van der Waals surface area contributed by atoms with Crippen LogP contribution < -0.4 is 5.32 Å². The van der Waals surface area contributed by atoms with E-state index in [0.717, 1.165) is 30.5 Å². The number of pyridine rings is 1. The van der Waals surface area contributed by atoms with Crippen molar-refractivity contribution in [2.45, 2.75) is 29.3 Å². The molecule has 1 atom stereocenters. The molecule has 6 heteroatoms. The van der Waals surface area contributed by atoms with E-state index in [1.165, 1.54) is 19.0 Å². The molecule has 4 rings (SSSR count). The Balaban J connectivity index is 1.80. The summed E-state index contributed by atoms with van der Waals surface area (Å²) in [6, 6.07) is 12.7. The van der Waals surface area contributed by atoms with Crippen LogP contribution in [-0.4, -0.2) is 31.1 Å². The summed E-state index contributed by atoms with van der Waals surface area (Å²) in [7, 11) is -3.63. The predicted octanol–water partition coefficient (Wildman–Crippen LogP) is 2.87. The second-order valence-corrected chi connectivity index (χ2v) is 8.41. The largest absolute Gasteiger partial charge is 0.346 e. The van der Waals surface area contributed by atoms with Crippen LogP contribution in [0, 0.1) is 5.92 Å². The van der Waals surface area contributed by atoms with Crippen LogP contribution in [0.5, 0.6) is 0 Å². The van der Waals surface area contributed by atoms with Gasteiger partial charge < -0.3 is 9.88 Å².